The Bertz CT molecular complexity index is 655. The van der Waals surface area contributed by atoms with Crippen LogP contribution in [0.5, 0.6) is 0 Å². The first-order chi connectivity index (χ1) is 23.1. The maximum atomic E-state index is 12.4. The molecule has 0 saturated carbocycles. The van der Waals surface area contributed by atoms with Crippen molar-refractivity contribution in [3.8, 4) is 0 Å². The maximum absolute atomic E-state index is 12.4. The van der Waals surface area contributed by atoms with Gasteiger partial charge in [0, 0.05) is 0 Å². The first kappa shape index (κ1) is 46.1. The van der Waals surface area contributed by atoms with E-state index in [9.17, 15) is 20.1 Å². The van der Waals surface area contributed by atoms with E-state index in [2.05, 4.69) is 31.3 Å². The number of amides is 1. The molecular formula is C42H83NO4. The van der Waals surface area contributed by atoms with E-state index in [1.165, 1.54) is 154 Å². The third-order valence-corrected chi connectivity index (χ3v) is 9.88. The molecule has 0 aliphatic rings. The highest BCUT2D eigenvalue weighted by molar-refractivity contribution is 5.80. The van der Waals surface area contributed by atoms with Crippen LogP contribution in [-0.2, 0) is 4.79 Å². The van der Waals surface area contributed by atoms with Crippen molar-refractivity contribution in [1.29, 1.82) is 0 Å². The Labute approximate surface area is 293 Å². The van der Waals surface area contributed by atoms with Crippen LogP contribution in [0.25, 0.3) is 0 Å². The minimum Gasteiger partial charge on any atom is -0.394 e. The van der Waals surface area contributed by atoms with Gasteiger partial charge in [0.15, 0.2) is 0 Å². The molecule has 0 saturated heterocycles. The zero-order valence-electron chi connectivity index (χ0n) is 31.7. The minimum atomic E-state index is -1.08. The first-order valence-electron chi connectivity index (χ1n) is 21.0. The predicted octanol–water partition coefficient (Wildman–Crippen LogP) is 11.7. The quantitative estimate of drug-likeness (QED) is 0.0390. The van der Waals surface area contributed by atoms with Crippen molar-refractivity contribution in [3.63, 3.8) is 0 Å². The Morgan fingerprint density at radius 1 is 0.489 bits per heavy atom. The van der Waals surface area contributed by atoms with Crippen LogP contribution in [0.15, 0.2) is 12.2 Å². The summed E-state index contributed by atoms with van der Waals surface area (Å²) < 4.78 is 0. The molecule has 0 aliphatic carbocycles. The van der Waals surface area contributed by atoms with Crippen LogP contribution in [0.4, 0.5) is 0 Å². The minimum absolute atomic E-state index is 0.315. The van der Waals surface area contributed by atoms with E-state index in [-0.39, 0.29) is 6.61 Å². The maximum Gasteiger partial charge on any atom is 0.249 e. The summed E-state index contributed by atoms with van der Waals surface area (Å²) in [7, 11) is 0. The fourth-order valence-electron chi connectivity index (χ4n) is 6.52. The second-order valence-electron chi connectivity index (χ2n) is 14.6. The Morgan fingerprint density at radius 2 is 0.830 bits per heavy atom. The summed E-state index contributed by atoms with van der Waals surface area (Å²) in [6.07, 6.45) is 43.6. The highest BCUT2D eigenvalue weighted by Gasteiger charge is 2.23. The number of allylic oxidation sites excluding steroid dienone is 2. The summed E-state index contributed by atoms with van der Waals surface area (Å²) in [6, 6.07) is -0.712. The second kappa shape index (κ2) is 37.9. The van der Waals surface area contributed by atoms with Gasteiger partial charge in [0.1, 0.15) is 6.10 Å². The van der Waals surface area contributed by atoms with Gasteiger partial charge in [-0.05, 0) is 32.1 Å². The number of hydrogen-bond acceptors (Lipinski definition) is 4. The van der Waals surface area contributed by atoms with Crippen molar-refractivity contribution in [1.82, 2.24) is 5.32 Å². The summed E-state index contributed by atoms with van der Waals surface area (Å²) in [4.78, 5) is 12.4. The summed E-state index contributed by atoms with van der Waals surface area (Å²) in [5, 5.41) is 33.1. The molecule has 4 N–H and O–H groups in total. The summed E-state index contributed by atoms with van der Waals surface area (Å²) in [5.41, 5.74) is 0. The van der Waals surface area contributed by atoms with E-state index in [4.69, 9.17) is 0 Å². The molecule has 3 unspecified atom stereocenters. The summed E-state index contributed by atoms with van der Waals surface area (Å²) in [6.45, 7) is 4.18. The molecule has 5 heteroatoms. The molecule has 3 atom stereocenters. The van der Waals surface area contributed by atoms with Gasteiger partial charge in [0.05, 0.1) is 18.8 Å². The molecule has 0 rings (SSSR count). The van der Waals surface area contributed by atoms with Gasteiger partial charge in [0.25, 0.3) is 0 Å². The average molecular weight is 666 g/mol. The third kappa shape index (κ3) is 33.4. The second-order valence-corrected chi connectivity index (χ2v) is 14.6. The molecule has 0 aromatic rings. The van der Waals surface area contributed by atoms with Crippen LogP contribution in [0.2, 0.25) is 0 Å². The Morgan fingerprint density at radius 3 is 1.23 bits per heavy atom. The van der Waals surface area contributed by atoms with Crippen molar-refractivity contribution in [2.75, 3.05) is 6.61 Å². The van der Waals surface area contributed by atoms with E-state index in [0.717, 1.165) is 44.9 Å². The van der Waals surface area contributed by atoms with Crippen molar-refractivity contribution in [2.45, 2.75) is 244 Å². The van der Waals surface area contributed by atoms with Crippen molar-refractivity contribution < 1.29 is 20.1 Å². The molecule has 5 nitrogen and oxygen atoms in total. The van der Waals surface area contributed by atoms with Gasteiger partial charge in [-0.2, -0.15) is 0 Å². The third-order valence-electron chi connectivity index (χ3n) is 9.88. The molecule has 280 valence electrons. The zero-order valence-corrected chi connectivity index (χ0v) is 31.7. The van der Waals surface area contributed by atoms with Crippen LogP contribution in [0.1, 0.15) is 226 Å². The van der Waals surface area contributed by atoms with Gasteiger partial charge in [-0.15, -0.1) is 0 Å². The molecule has 0 heterocycles. The van der Waals surface area contributed by atoms with Crippen LogP contribution in [0, 0.1) is 0 Å². The smallest absolute Gasteiger partial charge is 0.249 e. The van der Waals surface area contributed by atoms with Gasteiger partial charge in [-0.1, -0.05) is 206 Å². The van der Waals surface area contributed by atoms with Crippen LogP contribution in [-0.4, -0.2) is 46.1 Å². The lowest BCUT2D eigenvalue weighted by atomic mass is 10.0. The zero-order chi connectivity index (χ0) is 34.5. The highest BCUT2D eigenvalue weighted by Crippen LogP contribution is 2.16. The molecule has 0 radical (unpaired) electrons. The molecule has 0 aliphatic heterocycles. The van der Waals surface area contributed by atoms with E-state index in [0.29, 0.717) is 12.8 Å². The molecule has 0 aromatic carbocycles. The topological polar surface area (TPSA) is 89.8 Å². The van der Waals surface area contributed by atoms with Crippen molar-refractivity contribution in [3.05, 3.63) is 12.2 Å². The van der Waals surface area contributed by atoms with Gasteiger partial charge in [-0.25, -0.2) is 0 Å². The van der Waals surface area contributed by atoms with Crippen LogP contribution < -0.4 is 5.32 Å². The SMILES string of the molecule is CCCC/C=C\CCCCCCC(O)C(=O)NC(CO)C(O)CCCCCCCCCCCCCCCCCCCCCCCCC. The van der Waals surface area contributed by atoms with E-state index >= 15 is 0 Å². The van der Waals surface area contributed by atoms with Gasteiger partial charge in [0.2, 0.25) is 5.91 Å². The lowest BCUT2D eigenvalue weighted by Crippen LogP contribution is -2.49. The number of rotatable bonds is 38. The standard InChI is InChI=1S/C42H83NO4/c1-3-5-7-9-11-13-15-16-17-18-19-20-21-22-23-24-25-26-27-29-30-32-34-36-40(45)39(38-44)43-42(47)41(46)37-35-33-31-28-14-12-10-8-6-4-2/h10,12,39-41,44-46H,3-9,11,13-38H2,1-2H3,(H,43,47)/b12-10-. The van der Waals surface area contributed by atoms with Gasteiger partial charge < -0.3 is 20.6 Å². The molecule has 0 spiro atoms. The lowest BCUT2D eigenvalue weighted by Gasteiger charge is -2.23. The number of aliphatic hydroxyl groups excluding tert-OH is 3. The number of aliphatic hydroxyl groups is 3. The Hall–Kier alpha value is -0.910. The highest BCUT2D eigenvalue weighted by atomic mass is 16.3. The van der Waals surface area contributed by atoms with E-state index in [1.807, 2.05) is 0 Å². The largest absolute Gasteiger partial charge is 0.394 e. The summed E-state index contributed by atoms with van der Waals surface area (Å²) >= 11 is 0. The number of nitrogens with one attached hydrogen (secondary N) is 1. The summed E-state index contributed by atoms with van der Waals surface area (Å²) in [5.74, 6) is -0.480. The number of unbranched alkanes of at least 4 members (excludes halogenated alkanes) is 28. The molecular weight excluding hydrogens is 582 g/mol. The monoisotopic (exact) mass is 666 g/mol. The molecule has 0 aromatic heterocycles. The van der Waals surface area contributed by atoms with Crippen molar-refractivity contribution >= 4 is 5.91 Å². The Kier molecular flexibility index (Phi) is 37.2. The normalized spacial score (nSPS) is 13.7. The van der Waals surface area contributed by atoms with Gasteiger partial charge in [-0.3, -0.25) is 4.79 Å². The molecule has 0 fully saturated rings. The van der Waals surface area contributed by atoms with Crippen LogP contribution >= 0.6 is 0 Å². The average Bonchev–Trinajstić information content (AvgIpc) is 3.07. The molecule has 47 heavy (non-hydrogen) atoms. The molecule has 0 bridgehead atoms. The Balaban J connectivity index is 3.55. The first-order valence-corrected chi connectivity index (χ1v) is 21.0. The van der Waals surface area contributed by atoms with Gasteiger partial charge >= 0.3 is 0 Å². The fourth-order valence-corrected chi connectivity index (χ4v) is 6.52. The predicted molar refractivity (Wildman–Crippen MR) is 204 cm³/mol. The lowest BCUT2D eigenvalue weighted by molar-refractivity contribution is -0.131. The molecule has 1 amide bonds. The number of carbonyl (C=O) groups excluding carboxylic acids is 1. The van der Waals surface area contributed by atoms with Crippen molar-refractivity contribution in [2.24, 2.45) is 0 Å². The van der Waals surface area contributed by atoms with Crippen LogP contribution in [0.3, 0.4) is 0 Å². The van der Waals surface area contributed by atoms with E-state index in [1.54, 1.807) is 0 Å². The number of hydrogen-bond donors (Lipinski definition) is 4. The number of carbonyl (C=O) groups is 1. The van der Waals surface area contributed by atoms with E-state index < -0.39 is 24.2 Å². The fraction of sp³-hybridized carbons (Fsp3) is 0.929.